The molecule has 0 radical (unpaired) electrons. The van der Waals surface area contributed by atoms with Crippen molar-refractivity contribution in [3.05, 3.63) is 107 Å². The van der Waals surface area contributed by atoms with E-state index in [2.05, 4.69) is 31.9 Å². The highest BCUT2D eigenvalue weighted by Gasteiger charge is 2.48. The lowest BCUT2D eigenvalue weighted by molar-refractivity contribution is -0.144. The maximum absolute atomic E-state index is 14.7. The third-order valence-corrected chi connectivity index (χ3v) is 14.7. The molecule has 0 aliphatic carbocycles. The zero-order valence-corrected chi connectivity index (χ0v) is 45.7. The van der Waals surface area contributed by atoms with Gasteiger partial charge < -0.3 is 41.7 Å². The van der Waals surface area contributed by atoms with Gasteiger partial charge in [-0.15, -0.1) is 0 Å². The number of nitrogens with zero attached hydrogens (tertiary/aromatic N) is 2. The lowest BCUT2D eigenvalue weighted by Crippen LogP contribution is -2.59. The van der Waals surface area contributed by atoms with Crippen LogP contribution in [0.3, 0.4) is 0 Å². The lowest BCUT2D eigenvalue weighted by atomic mass is 9.85. The van der Waals surface area contributed by atoms with E-state index in [1.807, 2.05) is 116 Å². The van der Waals surface area contributed by atoms with Crippen LogP contribution in [0.2, 0.25) is 0 Å². The van der Waals surface area contributed by atoms with Crippen LogP contribution < -0.4 is 31.9 Å². The Bertz CT molecular complexity index is 2290. The summed E-state index contributed by atoms with van der Waals surface area (Å²) in [4.78, 5) is 116. The van der Waals surface area contributed by atoms with E-state index in [0.717, 1.165) is 11.1 Å². The summed E-state index contributed by atoms with van der Waals surface area (Å²) < 4.78 is 0. The predicted octanol–water partition coefficient (Wildman–Crippen LogP) is 6.08. The van der Waals surface area contributed by atoms with E-state index in [1.165, 1.54) is 9.80 Å². The molecule has 5 rings (SSSR count). The van der Waals surface area contributed by atoms with Gasteiger partial charge in [0.1, 0.15) is 24.2 Å². The Hall–Kier alpha value is -6.26. The summed E-state index contributed by atoms with van der Waals surface area (Å²) in [6.07, 6.45) is 1.59. The van der Waals surface area contributed by atoms with Gasteiger partial charge in [0.05, 0.1) is 24.2 Å². The van der Waals surface area contributed by atoms with Crippen molar-refractivity contribution in [1.29, 1.82) is 0 Å². The van der Waals surface area contributed by atoms with Crippen molar-refractivity contribution in [2.75, 3.05) is 27.2 Å². The number of likely N-dealkylation sites (N-methyl/N-ethyl adjacent to an activating group) is 2. The summed E-state index contributed by atoms with van der Waals surface area (Å²) in [5.74, 6) is -3.64. The van der Waals surface area contributed by atoms with Gasteiger partial charge in [0.15, 0.2) is 11.6 Å². The fourth-order valence-corrected chi connectivity index (χ4v) is 9.93. The Kier molecular flexibility index (Phi) is 20.4. The average molecular weight is 1020 g/mol. The summed E-state index contributed by atoms with van der Waals surface area (Å²) >= 11 is 0. The van der Waals surface area contributed by atoms with Gasteiger partial charge >= 0.3 is 0 Å². The quantitative estimate of drug-likeness (QED) is 0.0639. The third kappa shape index (κ3) is 15.0. The standard InChI is InChI=1S/C58H82N8O8/c1-13-43(39-22-17-15-18-23-39)61-53(71)45-28-37(33-65(45)55(73)49(57(5,6)7)63-51(69)35(3)59-11)30-47(67)41-26-21-27-42(32-41)48(68)31-38-29-46(54(72)62-44(14-2)40-24-19-16-20-25-40)66(34-38)56(74)50(58(8,9)10)64-52(70)36(4)60-12/h15-27,32,35-38,43-46,49-50,59-60H,13-14,28-31,33-34H2,1-12H3,(H,61,71)(H,62,72)(H,63,69)(H,64,70)/t35-,36-,37+,38+,43+,44+,45-,46-,49+,50+/m0/s1. The number of carbonyl (C=O) groups is 8. The Morgan fingerprint density at radius 3 is 1.19 bits per heavy atom. The second kappa shape index (κ2) is 25.8. The molecule has 74 heavy (non-hydrogen) atoms. The number of amides is 6. The molecule has 3 aromatic carbocycles. The minimum Gasteiger partial charge on any atom is -0.348 e. The average Bonchev–Trinajstić information content (AvgIpc) is 4.01. The first-order valence-electron chi connectivity index (χ1n) is 26.3. The first kappa shape index (κ1) is 58.6. The zero-order chi connectivity index (χ0) is 54.7. The minimum absolute atomic E-state index is 0.0127. The minimum atomic E-state index is -0.973. The number of likely N-dealkylation sites (tertiary alicyclic amines) is 2. The van der Waals surface area contributed by atoms with Gasteiger partial charge in [-0.3, -0.25) is 38.4 Å². The number of carbonyl (C=O) groups excluding carboxylic acids is 8. The fraction of sp³-hybridized carbons (Fsp3) is 0.552. The zero-order valence-electron chi connectivity index (χ0n) is 45.7. The summed E-state index contributed by atoms with van der Waals surface area (Å²) in [5, 5.41) is 18.0. The van der Waals surface area contributed by atoms with Crippen LogP contribution in [-0.2, 0) is 28.8 Å². The van der Waals surface area contributed by atoms with Crippen molar-refractivity contribution in [2.24, 2.45) is 22.7 Å². The summed E-state index contributed by atoms with van der Waals surface area (Å²) in [7, 11) is 3.31. The van der Waals surface area contributed by atoms with Crippen molar-refractivity contribution in [2.45, 2.75) is 156 Å². The van der Waals surface area contributed by atoms with Gasteiger partial charge in [0, 0.05) is 37.1 Å². The second-order valence-electron chi connectivity index (χ2n) is 22.4. The van der Waals surface area contributed by atoms with E-state index >= 15 is 0 Å². The molecular weight excluding hydrogens is 937 g/mol. The van der Waals surface area contributed by atoms with Gasteiger partial charge in [0.2, 0.25) is 35.4 Å². The highest BCUT2D eigenvalue weighted by Crippen LogP contribution is 2.34. The first-order valence-corrected chi connectivity index (χ1v) is 26.3. The second-order valence-corrected chi connectivity index (χ2v) is 22.4. The van der Waals surface area contributed by atoms with E-state index in [1.54, 1.807) is 52.2 Å². The van der Waals surface area contributed by atoms with E-state index in [-0.39, 0.29) is 86.1 Å². The van der Waals surface area contributed by atoms with Crippen LogP contribution in [0.4, 0.5) is 0 Å². The van der Waals surface area contributed by atoms with Crippen LogP contribution in [0.1, 0.15) is 152 Å². The van der Waals surface area contributed by atoms with Gasteiger partial charge in [-0.2, -0.15) is 0 Å². The highest BCUT2D eigenvalue weighted by atomic mass is 16.2. The van der Waals surface area contributed by atoms with Crippen molar-refractivity contribution in [3.8, 4) is 0 Å². The Morgan fingerprint density at radius 1 is 0.527 bits per heavy atom. The van der Waals surface area contributed by atoms with Crippen LogP contribution in [0.25, 0.3) is 0 Å². The molecule has 2 aliphatic heterocycles. The molecule has 10 atom stereocenters. The normalized spacial score (nSPS) is 20.3. The molecule has 16 nitrogen and oxygen atoms in total. The predicted molar refractivity (Wildman–Crippen MR) is 287 cm³/mol. The van der Waals surface area contributed by atoms with E-state index in [0.29, 0.717) is 24.0 Å². The Labute approximate surface area is 438 Å². The maximum atomic E-state index is 14.7. The number of hydrogen-bond donors (Lipinski definition) is 6. The summed E-state index contributed by atoms with van der Waals surface area (Å²) in [6.45, 7) is 18.6. The molecule has 0 bridgehead atoms. The molecule has 0 unspecified atom stereocenters. The summed E-state index contributed by atoms with van der Waals surface area (Å²) in [5.41, 5.74) is 0.979. The fourth-order valence-electron chi connectivity index (χ4n) is 9.93. The largest absolute Gasteiger partial charge is 0.348 e. The smallest absolute Gasteiger partial charge is 0.246 e. The molecule has 0 spiro atoms. The molecular formula is C58H82N8O8. The van der Waals surface area contributed by atoms with Crippen LogP contribution in [-0.4, -0.2) is 120 Å². The van der Waals surface area contributed by atoms with Crippen LogP contribution in [0.15, 0.2) is 84.9 Å². The topological polar surface area (TPSA) is 215 Å². The van der Waals surface area contributed by atoms with Crippen LogP contribution in [0, 0.1) is 22.7 Å². The van der Waals surface area contributed by atoms with Crippen molar-refractivity contribution in [3.63, 3.8) is 0 Å². The molecule has 2 aliphatic rings. The van der Waals surface area contributed by atoms with Gasteiger partial charge in [-0.25, -0.2) is 0 Å². The number of nitrogens with one attached hydrogen (secondary N) is 6. The molecule has 2 fully saturated rings. The number of Topliss-reactive ketones (excluding diaryl/α,β-unsaturated/α-hetero) is 2. The van der Waals surface area contributed by atoms with Crippen LogP contribution in [0.5, 0.6) is 0 Å². The molecule has 6 amide bonds. The van der Waals surface area contributed by atoms with E-state index in [4.69, 9.17) is 0 Å². The number of benzene rings is 3. The number of hydrogen-bond acceptors (Lipinski definition) is 10. The van der Waals surface area contributed by atoms with Gasteiger partial charge in [-0.05, 0) is 93.5 Å². The van der Waals surface area contributed by atoms with Crippen LogP contribution >= 0.6 is 0 Å². The van der Waals surface area contributed by atoms with Gasteiger partial charge in [0.25, 0.3) is 0 Å². The van der Waals surface area contributed by atoms with E-state index in [9.17, 15) is 38.4 Å². The molecule has 2 saturated heterocycles. The van der Waals surface area contributed by atoms with Crippen molar-refractivity contribution in [1.82, 2.24) is 41.7 Å². The molecule has 402 valence electrons. The molecule has 0 aromatic heterocycles. The Balaban J connectivity index is 1.37. The third-order valence-electron chi connectivity index (χ3n) is 14.7. The maximum Gasteiger partial charge on any atom is 0.246 e. The monoisotopic (exact) mass is 1020 g/mol. The summed E-state index contributed by atoms with van der Waals surface area (Å²) in [6, 6.07) is 20.1. The van der Waals surface area contributed by atoms with Crippen molar-refractivity contribution >= 4 is 47.0 Å². The highest BCUT2D eigenvalue weighted by molar-refractivity contribution is 6.02. The van der Waals surface area contributed by atoms with Crippen molar-refractivity contribution < 1.29 is 38.4 Å². The lowest BCUT2D eigenvalue weighted by Gasteiger charge is -2.36. The molecule has 16 heteroatoms. The molecule has 6 N–H and O–H groups in total. The molecule has 0 saturated carbocycles. The first-order chi connectivity index (χ1) is 34.9. The SMILES string of the molecule is CC[C@@H](NC(=O)[C@@H]1C[C@H](CC(=O)c2cccc(C(=O)C[C@H]3C[C@@H](C(=O)N[C@H](CC)c4ccccc4)N(C(=O)[C@@H](NC(=O)[C@H](C)NC)C(C)(C)C)C3)c2)CN1C(=O)[C@@H](NC(=O)[C@H](C)NC)C(C)(C)C)c1ccccc1. The Morgan fingerprint density at radius 2 is 0.878 bits per heavy atom. The van der Waals surface area contributed by atoms with Gasteiger partial charge in [-0.1, -0.05) is 134 Å². The molecule has 3 aromatic rings. The number of rotatable bonds is 22. The van der Waals surface area contributed by atoms with E-state index < -0.39 is 70.7 Å². The number of ketones is 2. The molecule has 2 heterocycles.